The van der Waals surface area contributed by atoms with Crippen LogP contribution in [0.1, 0.15) is 12.0 Å². The molecule has 0 saturated carbocycles. The van der Waals surface area contributed by atoms with E-state index >= 15 is 0 Å². The second kappa shape index (κ2) is 4.89. The maximum Gasteiger partial charge on any atom is 0.320 e. The fourth-order valence-electron chi connectivity index (χ4n) is 1.79. The van der Waals surface area contributed by atoms with Gasteiger partial charge in [0, 0.05) is 16.7 Å². The maximum atomic E-state index is 10.8. The van der Waals surface area contributed by atoms with E-state index in [2.05, 4.69) is 36.5 Å². The van der Waals surface area contributed by atoms with Gasteiger partial charge in [-0.3, -0.25) is 4.79 Å². The monoisotopic (exact) mass is 237 g/mol. The van der Waals surface area contributed by atoms with E-state index in [4.69, 9.17) is 5.11 Å². The lowest BCUT2D eigenvalue weighted by Crippen LogP contribution is -2.29. The molecule has 1 aliphatic rings. The van der Waals surface area contributed by atoms with Crippen LogP contribution in [0.3, 0.4) is 0 Å². The molecular formula is C12H15NO2S. The van der Waals surface area contributed by atoms with Gasteiger partial charge in [0.05, 0.1) is 0 Å². The molecule has 3 nitrogen and oxygen atoms in total. The van der Waals surface area contributed by atoms with E-state index in [-0.39, 0.29) is 6.04 Å². The quantitative estimate of drug-likeness (QED) is 0.843. The van der Waals surface area contributed by atoms with Crippen LogP contribution in [-0.4, -0.2) is 28.9 Å². The standard InChI is InChI=1S/C12H15NO2S/c1-8-2-4-9(5-3-8)16-10-6-11(12(14)15)13-7-10/h2-5,10-11,13H,6-7H2,1H3,(H,14,15)/t10?,11-/m0/s1. The predicted molar refractivity (Wildman–Crippen MR) is 64.9 cm³/mol. The molecule has 4 heteroatoms. The van der Waals surface area contributed by atoms with Crippen molar-refractivity contribution in [2.24, 2.45) is 0 Å². The summed E-state index contributed by atoms with van der Waals surface area (Å²) in [6.45, 7) is 2.83. The summed E-state index contributed by atoms with van der Waals surface area (Å²) in [5, 5.41) is 12.2. The SMILES string of the molecule is Cc1ccc(SC2CN[C@H](C(=O)O)C2)cc1. The van der Waals surface area contributed by atoms with Gasteiger partial charge in [0.15, 0.2) is 0 Å². The van der Waals surface area contributed by atoms with Crippen LogP contribution in [0, 0.1) is 6.92 Å². The molecule has 1 aliphatic heterocycles. The molecule has 1 heterocycles. The highest BCUT2D eigenvalue weighted by atomic mass is 32.2. The van der Waals surface area contributed by atoms with Gasteiger partial charge in [-0.25, -0.2) is 0 Å². The second-order valence-corrected chi connectivity index (χ2v) is 5.46. The minimum Gasteiger partial charge on any atom is -0.480 e. The molecular weight excluding hydrogens is 222 g/mol. The average molecular weight is 237 g/mol. The summed E-state index contributed by atoms with van der Waals surface area (Å²) in [5.41, 5.74) is 1.25. The molecule has 1 aromatic carbocycles. The minimum absolute atomic E-state index is 0.365. The molecule has 2 rings (SSSR count). The van der Waals surface area contributed by atoms with Crippen molar-refractivity contribution in [2.75, 3.05) is 6.54 Å². The van der Waals surface area contributed by atoms with Crippen molar-refractivity contribution in [3.8, 4) is 0 Å². The minimum atomic E-state index is -0.744. The number of carboxylic acids is 1. The molecule has 1 unspecified atom stereocenters. The summed E-state index contributed by atoms with van der Waals surface area (Å²) >= 11 is 1.76. The van der Waals surface area contributed by atoms with Crippen molar-refractivity contribution in [3.05, 3.63) is 29.8 Å². The highest BCUT2D eigenvalue weighted by Gasteiger charge is 2.29. The molecule has 86 valence electrons. The first-order valence-corrected chi connectivity index (χ1v) is 6.22. The van der Waals surface area contributed by atoms with Crippen LogP contribution in [0.4, 0.5) is 0 Å². The fourth-order valence-corrected chi connectivity index (χ4v) is 2.94. The zero-order valence-electron chi connectivity index (χ0n) is 9.14. The van der Waals surface area contributed by atoms with Crippen molar-refractivity contribution in [1.82, 2.24) is 5.32 Å². The van der Waals surface area contributed by atoms with Crippen molar-refractivity contribution in [3.63, 3.8) is 0 Å². The van der Waals surface area contributed by atoms with E-state index in [0.29, 0.717) is 11.7 Å². The molecule has 0 spiro atoms. The highest BCUT2D eigenvalue weighted by molar-refractivity contribution is 8.00. The molecule has 16 heavy (non-hydrogen) atoms. The third-order valence-electron chi connectivity index (χ3n) is 2.71. The van der Waals surface area contributed by atoms with Gasteiger partial charge in [-0.1, -0.05) is 17.7 Å². The predicted octanol–water partition coefficient (Wildman–Crippen LogP) is 1.90. The largest absolute Gasteiger partial charge is 0.480 e. The van der Waals surface area contributed by atoms with Crippen molar-refractivity contribution in [1.29, 1.82) is 0 Å². The van der Waals surface area contributed by atoms with Crippen LogP contribution >= 0.6 is 11.8 Å². The molecule has 0 aromatic heterocycles. The lowest BCUT2D eigenvalue weighted by atomic mass is 10.2. The molecule has 2 atom stereocenters. The van der Waals surface area contributed by atoms with Crippen molar-refractivity contribution in [2.45, 2.75) is 29.5 Å². The Balaban J connectivity index is 1.92. The van der Waals surface area contributed by atoms with Gasteiger partial charge in [0.1, 0.15) is 6.04 Å². The number of aryl methyl sites for hydroxylation is 1. The number of aliphatic carboxylic acids is 1. The average Bonchev–Trinajstić information content (AvgIpc) is 2.70. The number of benzene rings is 1. The second-order valence-electron chi connectivity index (χ2n) is 4.09. The fraction of sp³-hybridized carbons (Fsp3) is 0.417. The van der Waals surface area contributed by atoms with Gasteiger partial charge in [-0.05, 0) is 25.5 Å². The van der Waals surface area contributed by atoms with Gasteiger partial charge in [-0.15, -0.1) is 11.8 Å². The van der Waals surface area contributed by atoms with Gasteiger partial charge in [0.25, 0.3) is 0 Å². The van der Waals surface area contributed by atoms with Crippen molar-refractivity contribution < 1.29 is 9.90 Å². The summed E-state index contributed by atoms with van der Waals surface area (Å²) in [5.74, 6) is -0.744. The number of hydrogen-bond acceptors (Lipinski definition) is 3. The first kappa shape index (κ1) is 11.5. The number of carbonyl (C=O) groups is 1. The Kier molecular flexibility index (Phi) is 3.51. The zero-order valence-corrected chi connectivity index (χ0v) is 9.96. The first-order valence-electron chi connectivity index (χ1n) is 5.34. The maximum absolute atomic E-state index is 10.8. The normalized spacial score (nSPS) is 24.6. The van der Waals surface area contributed by atoms with Gasteiger partial charge >= 0.3 is 5.97 Å². The molecule has 0 amide bonds. The van der Waals surface area contributed by atoms with Gasteiger partial charge in [-0.2, -0.15) is 0 Å². The number of hydrogen-bond donors (Lipinski definition) is 2. The van der Waals surface area contributed by atoms with E-state index in [1.165, 1.54) is 10.5 Å². The molecule has 0 aliphatic carbocycles. The third kappa shape index (κ3) is 2.77. The number of rotatable bonds is 3. The summed E-state index contributed by atoms with van der Waals surface area (Å²) in [4.78, 5) is 12.0. The van der Waals surface area contributed by atoms with E-state index in [0.717, 1.165) is 6.54 Å². The smallest absolute Gasteiger partial charge is 0.320 e. The Labute approximate surface area is 99.2 Å². The van der Waals surface area contributed by atoms with Crippen molar-refractivity contribution >= 4 is 17.7 Å². The van der Waals surface area contributed by atoms with E-state index in [9.17, 15) is 4.79 Å². The van der Waals surface area contributed by atoms with Gasteiger partial charge in [0.2, 0.25) is 0 Å². The zero-order chi connectivity index (χ0) is 11.5. The lowest BCUT2D eigenvalue weighted by molar-refractivity contribution is -0.139. The summed E-state index contributed by atoms with van der Waals surface area (Å²) < 4.78 is 0. The summed E-state index contributed by atoms with van der Waals surface area (Å²) in [6.07, 6.45) is 0.702. The Hall–Kier alpha value is -1.00. The first-order chi connectivity index (χ1) is 7.65. The van der Waals surface area contributed by atoms with Gasteiger partial charge < -0.3 is 10.4 Å². The molecule has 1 saturated heterocycles. The molecule has 1 aromatic rings. The summed E-state index contributed by atoms with van der Waals surface area (Å²) in [6, 6.07) is 7.98. The van der Waals surface area contributed by atoms with E-state index in [1.807, 2.05) is 0 Å². The molecule has 1 fully saturated rings. The highest BCUT2D eigenvalue weighted by Crippen LogP contribution is 2.28. The number of carboxylic acid groups (broad SMARTS) is 1. The van der Waals surface area contributed by atoms with Crippen LogP contribution in [0.25, 0.3) is 0 Å². The van der Waals surface area contributed by atoms with Crippen LogP contribution in [0.15, 0.2) is 29.2 Å². The number of nitrogens with one attached hydrogen (secondary N) is 1. The molecule has 2 N–H and O–H groups in total. The van der Waals surface area contributed by atoms with E-state index in [1.54, 1.807) is 11.8 Å². The number of thioether (sulfide) groups is 1. The Morgan fingerprint density at radius 2 is 2.12 bits per heavy atom. The molecule has 0 bridgehead atoms. The Morgan fingerprint density at radius 3 is 2.69 bits per heavy atom. The van der Waals surface area contributed by atoms with Crippen LogP contribution in [0.5, 0.6) is 0 Å². The molecule has 0 radical (unpaired) electrons. The van der Waals surface area contributed by atoms with E-state index < -0.39 is 5.97 Å². The topological polar surface area (TPSA) is 49.3 Å². The third-order valence-corrected chi connectivity index (χ3v) is 3.95. The Bertz CT molecular complexity index is 377. The summed E-state index contributed by atoms with van der Waals surface area (Å²) in [7, 11) is 0. The van der Waals surface area contributed by atoms with Crippen LogP contribution < -0.4 is 5.32 Å². The Morgan fingerprint density at radius 1 is 1.44 bits per heavy atom. The lowest BCUT2D eigenvalue weighted by Gasteiger charge is -2.08. The van der Waals surface area contributed by atoms with Crippen LogP contribution in [0.2, 0.25) is 0 Å². The van der Waals surface area contributed by atoms with Crippen LogP contribution in [-0.2, 0) is 4.79 Å².